The Hall–Kier alpha value is -1.71. The summed E-state index contributed by atoms with van der Waals surface area (Å²) in [5.74, 6) is 0.0213. The van der Waals surface area contributed by atoms with Crippen molar-refractivity contribution >= 4 is 23.0 Å². The standard InChI is InChI=1S/C11H15N3O/c1-7-6-14(2)10-8(12)4-3-5-9(10)13-11(7)15/h3-5,7H,6,12H2,1-2H3,(H,13,15). The number of fused-ring (bicyclic) bond motifs is 1. The van der Waals surface area contributed by atoms with Gasteiger partial charge in [-0.25, -0.2) is 0 Å². The van der Waals surface area contributed by atoms with Gasteiger partial charge < -0.3 is 16.0 Å². The Bertz CT molecular complexity index is 403. The third-order valence-corrected chi connectivity index (χ3v) is 2.70. The number of nitrogens with two attached hydrogens (primary N) is 1. The summed E-state index contributed by atoms with van der Waals surface area (Å²) in [6, 6.07) is 5.56. The topological polar surface area (TPSA) is 58.4 Å². The largest absolute Gasteiger partial charge is 0.397 e. The lowest BCUT2D eigenvalue weighted by atomic mass is 10.1. The van der Waals surface area contributed by atoms with Crippen molar-refractivity contribution in [3.8, 4) is 0 Å². The van der Waals surface area contributed by atoms with E-state index < -0.39 is 0 Å². The maximum Gasteiger partial charge on any atom is 0.229 e. The smallest absolute Gasteiger partial charge is 0.229 e. The summed E-state index contributed by atoms with van der Waals surface area (Å²) in [6.45, 7) is 2.60. The molecule has 0 saturated heterocycles. The molecule has 0 radical (unpaired) electrons. The molecule has 1 unspecified atom stereocenters. The van der Waals surface area contributed by atoms with E-state index in [2.05, 4.69) is 5.32 Å². The number of benzene rings is 1. The number of hydrogen-bond donors (Lipinski definition) is 2. The second kappa shape index (κ2) is 3.46. The number of carbonyl (C=O) groups excluding carboxylic acids is 1. The van der Waals surface area contributed by atoms with Gasteiger partial charge in [-0.15, -0.1) is 0 Å². The van der Waals surface area contributed by atoms with Crippen LogP contribution in [-0.4, -0.2) is 19.5 Å². The van der Waals surface area contributed by atoms with Crippen LogP contribution in [0.4, 0.5) is 17.1 Å². The van der Waals surface area contributed by atoms with Gasteiger partial charge in [-0.3, -0.25) is 4.79 Å². The molecule has 0 fully saturated rings. The van der Waals surface area contributed by atoms with E-state index in [4.69, 9.17) is 5.73 Å². The molecular formula is C11H15N3O. The van der Waals surface area contributed by atoms with E-state index in [-0.39, 0.29) is 11.8 Å². The lowest BCUT2D eigenvalue weighted by molar-refractivity contribution is -0.119. The van der Waals surface area contributed by atoms with Gasteiger partial charge in [0.05, 0.1) is 23.0 Å². The molecule has 0 aliphatic carbocycles. The molecule has 1 amide bonds. The van der Waals surface area contributed by atoms with Crippen molar-refractivity contribution in [2.45, 2.75) is 6.92 Å². The van der Waals surface area contributed by atoms with Gasteiger partial charge in [-0.1, -0.05) is 13.0 Å². The molecule has 1 aromatic carbocycles. The Morgan fingerprint density at radius 3 is 3.00 bits per heavy atom. The SMILES string of the molecule is CC1CN(C)c2c(N)cccc2NC1=O. The van der Waals surface area contributed by atoms with Gasteiger partial charge in [0.15, 0.2) is 0 Å². The third-order valence-electron chi connectivity index (χ3n) is 2.70. The van der Waals surface area contributed by atoms with E-state index in [1.807, 2.05) is 37.1 Å². The molecule has 1 aromatic rings. The highest BCUT2D eigenvalue weighted by Crippen LogP contribution is 2.34. The molecule has 4 heteroatoms. The minimum Gasteiger partial charge on any atom is -0.397 e. The maximum atomic E-state index is 11.7. The Labute approximate surface area is 89.1 Å². The lowest BCUT2D eigenvalue weighted by Gasteiger charge is -2.21. The first kappa shape index (κ1) is 9.83. The number of anilines is 3. The van der Waals surface area contributed by atoms with Gasteiger partial charge in [-0.05, 0) is 12.1 Å². The van der Waals surface area contributed by atoms with E-state index >= 15 is 0 Å². The van der Waals surface area contributed by atoms with Crippen molar-refractivity contribution in [3.05, 3.63) is 18.2 Å². The molecule has 2 rings (SSSR count). The summed E-state index contributed by atoms with van der Waals surface area (Å²) in [5.41, 5.74) is 8.31. The maximum absolute atomic E-state index is 11.7. The molecule has 15 heavy (non-hydrogen) atoms. The fourth-order valence-corrected chi connectivity index (χ4v) is 1.93. The van der Waals surface area contributed by atoms with Crippen molar-refractivity contribution in [2.75, 3.05) is 29.5 Å². The van der Waals surface area contributed by atoms with E-state index in [1.54, 1.807) is 0 Å². The zero-order valence-corrected chi connectivity index (χ0v) is 8.95. The summed E-state index contributed by atoms with van der Waals surface area (Å²) in [6.07, 6.45) is 0. The third kappa shape index (κ3) is 1.63. The molecule has 1 aliphatic rings. The fraction of sp³-hybridized carbons (Fsp3) is 0.364. The average molecular weight is 205 g/mol. The Morgan fingerprint density at radius 2 is 2.27 bits per heavy atom. The van der Waals surface area contributed by atoms with Crippen LogP contribution in [0.2, 0.25) is 0 Å². The summed E-state index contributed by atoms with van der Waals surface area (Å²) < 4.78 is 0. The molecule has 1 aliphatic heterocycles. The number of rotatable bonds is 0. The summed E-state index contributed by atoms with van der Waals surface area (Å²) in [7, 11) is 1.95. The molecule has 80 valence electrons. The molecule has 0 bridgehead atoms. The van der Waals surface area contributed by atoms with Gasteiger partial charge in [0, 0.05) is 13.6 Å². The van der Waals surface area contributed by atoms with Crippen LogP contribution in [0.1, 0.15) is 6.92 Å². The van der Waals surface area contributed by atoms with Crippen molar-refractivity contribution in [3.63, 3.8) is 0 Å². The average Bonchev–Trinajstić information content (AvgIpc) is 2.26. The number of nitrogens with one attached hydrogen (secondary N) is 1. The van der Waals surface area contributed by atoms with Crippen molar-refractivity contribution in [2.24, 2.45) is 5.92 Å². The number of hydrogen-bond acceptors (Lipinski definition) is 3. The second-order valence-corrected chi connectivity index (χ2v) is 4.01. The van der Waals surface area contributed by atoms with E-state index in [1.165, 1.54) is 0 Å². The van der Waals surface area contributed by atoms with Gasteiger partial charge >= 0.3 is 0 Å². The van der Waals surface area contributed by atoms with Crippen LogP contribution in [0.5, 0.6) is 0 Å². The van der Waals surface area contributed by atoms with E-state index in [0.717, 1.165) is 11.4 Å². The van der Waals surface area contributed by atoms with Crippen LogP contribution in [0.3, 0.4) is 0 Å². The molecule has 0 saturated carbocycles. The monoisotopic (exact) mass is 205 g/mol. The lowest BCUT2D eigenvalue weighted by Crippen LogP contribution is -2.27. The number of para-hydroxylation sites is 1. The quantitative estimate of drug-likeness (QED) is 0.627. The highest BCUT2D eigenvalue weighted by Gasteiger charge is 2.23. The highest BCUT2D eigenvalue weighted by atomic mass is 16.1. The van der Waals surface area contributed by atoms with Crippen LogP contribution in [0, 0.1) is 5.92 Å². The zero-order chi connectivity index (χ0) is 11.0. The summed E-state index contributed by atoms with van der Waals surface area (Å²) in [5, 5.41) is 2.88. The van der Waals surface area contributed by atoms with Crippen LogP contribution in [-0.2, 0) is 4.79 Å². The fourth-order valence-electron chi connectivity index (χ4n) is 1.93. The van der Waals surface area contributed by atoms with Crippen LogP contribution in [0.15, 0.2) is 18.2 Å². The van der Waals surface area contributed by atoms with Crippen molar-refractivity contribution in [1.29, 1.82) is 0 Å². The Balaban J connectivity index is 2.51. The number of nitrogen functional groups attached to an aromatic ring is 1. The van der Waals surface area contributed by atoms with Crippen LogP contribution >= 0.6 is 0 Å². The Morgan fingerprint density at radius 1 is 1.53 bits per heavy atom. The molecular weight excluding hydrogens is 190 g/mol. The Kier molecular flexibility index (Phi) is 2.26. The number of amides is 1. The van der Waals surface area contributed by atoms with Crippen LogP contribution < -0.4 is 16.0 Å². The zero-order valence-electron chi connectivity index (χ0n) is 8.95. The summed E-state index contributed by atoms with van der Waals surface area (Å²) >= 11 is 0. The molecule has 0 aromatic heterocycles. The first-order valence-electron chi connectivity index (χ1n) is 5.00. The minimum atomic E-state index is -0.0261. The molecule has 4 nitrogen and oxygen atoms in total. The summed E-state index contributed by atoms with van der Waals surface area (Å²) in [4.78, 5) is 13.7. The number of nitrogens with zero attached hydrogens (tertiary/aromatic N) is 1. The van der Waals surface area contributed by atoms with E-state index in [9.17, 15) is 4.79 Å². The highest BCUT2D eigenvalue weighted by molar-refractivity contribution is 5.99. The van der Waals surface area contributed by atoms with E-state index in [0.29, 0.717) is 12.2 Å². The van der Waals surface area contributed by atoms with Crippen LogP contribution in [0.25, 0.3) is 0 Å². The molecule has 3 N–H and O–H groups in total. The first-order valence-corrected chi connectivity index (χ1v) is 5.00. The predicted octanol–water partition coefficient (Wildman–Crippen LogP) is 1.29. The second-order valence-electron chi connectivity index (χ2n) is 4.01. The predicted molar refractivity (Wildman–Crippen MR) is 61.9 cm³/mol. The normalized spacial score (nSPS) is 20.5. The van der Waals surface area contributed by atoms with Crippen molar-refractivity contribution < 1.29 is 4.79 Å². The molecule has 1 heterocycles. The first-order chi connectivity index (χ1) is 7.09. The van der Waals surface area contributed by atoms with Gasteiger partial charge in [0.2, 0.25) is 5.91 Å². The number of carbonyl (C=O) groups is 1. The molecule has 1 atom stereocenters. The van der Waals surface area contributed by atoms with Gasteiger partial charge in [0.25, 0.3) is 0 Å². The van der Waals surface area contributed by atoms with Gasteiger partial charge in [0.1, 0.15) is 0 Å². The van der Waals surface area contributed by atoms with Crippen molar-refractivity contribution in [1.82, 2.24) is 0 Å². The van der Waals surface area contributed by atoms with Gasteiger partial charge in [-0.2, -0.15) is 0 Å². The minimum absolute atomic E-state index is 0.0261. The molecule has 0 spiro atoms.